The number of nitrogens with zero attached hydrogens (tertiary/aromatic N) is 1. The van der Waals surface area contributed by atoms with Crippen LogP contribution in [0.25, 0.3) is 0 Å². The summed E-state index contributed by atoms with van der Waals surface area (Å²) in [4.78, 5) is 3.87. The summed E-state index contributed by atoms with van der Waals surface area (Å²) >= 11 is 3.37. The first-order chi connectivity index (χ1) is 8.99. The largest absolute Gasteiger partial charge is 0.384 e. The molecule has 0 bridgehead atoms. The number of nitrogens with two attached hydrogens (primary N) is 1. The van der Waals surface area contributed by atoms with Crippen LogP contribution in [0, 0.1) is 0 Å². The van der Waals surface area contributed by atoms with Gasteiger partial charge in [0.15, 0.2) is 0 Å². The van der Waals surface area contributed by atoms with Crippen molar-refractivity contribution >= 4 is 31.8 Å². The van der Waals surface area contributed by atoms with Crippen LogP contribution in [0.4, 0.5) is 5.82 Å². The van der Waals surface area contributed by atoms with Gasteiger partial charge in [0.25, 0.3) is 0 Å². The molecule has 5 nitrogen and oxygen atoms in total. The Hall–Kier alpha value is -1.44. The van der Waals surface area contributed by atoms with Crippen LogP contribution in [0.3, 0.4) is 0 Å². The molecule has 0 aliphatic heterocycles. The van der Waals surface area contributed by atoms with Crippen LogP contribution in [0.15, 0.2) is 52.0 Å². The van der Waals surface area contributed by atoms with Gasteiger partial charge < -0.3 is 5.73 Å². The number of halogens is 1. The van der Waals surface area contributed by atoms with E-state index in [-0.39, 0.29) is 17.3 Å². The third-order valence-corrected chi connectivity index (χ3v) is 4.65. The van der Waals surface area contributed by atoms with Crippen molar-refractivity contribution in [1.29, 1.82) is 0 Å². The van der Waals surface area contributed by atoms with Crippen LogP contribution in [0.2, 0.25) is 0 Å². The molecule has 1 heterocycles. The maximum Gasteiger partial charge on any atom is 0.241 e. The molecule has 3 N–H and O–H groups in total. The summed E-state index contributed by atoms with van der Waals surface area (Å²) in [5, 5.41) is 0. The van der Waals surface area contributed by atoms with E-state index >= 15 is 0 Å². The van der Waals surface area contributed by atoms with Crippen LogP contribution in [-0.2, 0) is 16.6 Å². The predicted octanol–water partition coefficient (Wildman–Crippen LogP) is 1.90. The maximum atomic E-state index is 12.1. The van der Waals surface area contributed by atoms with E-state index in [0.717, 1.165) is 10.0 Å². The topological polar surface area (TPSA) is 85.1 Å². The van der Waals surface area contributed by atoms with E-state index in [1.807, 2.05) is 24.3 Å². The van der Waals surface area contributed by atoms with E-state index in [2.05, 4.69) is 25.6 Å². The number of nitrogens with one attached hydrogen (secondary N) is 1. The molecular weight excluding hydrogens is 330 g/mol. The molecule has 0 aliphatic rings. The highest BCUT2D eigenvalue weighted by atomic mass is 79.9. The van der Waals surface area contributed by atoms with Crippen molar-refractivity contribution in [3.63, 3.8) is 0 Å². The van der Waals surface area contributed by atoms with Crippen LogP contribution >= 0.6 is 15.9 Å². The van der Waals surface area contributed by atoms with Gasteiger partial charge in [-0.25, -0.2) is 18.1 Å². The zero-order valence-electron chi connectivity index (χ0n) is 9.88. The minimum Gasteiger partial charge on any atom is -0.384 e. The van der Waals surface area contributed by atoms with E-state index in [9.17, 15) is 8.42 Å². The summed E-state index contributed by atoms with van der Waals surface area (Å²) in [5.74, 6) is 0.170. The molecule has 0 spiro atoms. The Morgan fingerprint density at radius 2 is 2.00 bits per heavy atom. The first kappa shape index (κ1) is 14.0. The number of nitrogen functional groups attached to an aromatic ring is 1. The van der Waals surface area contributed by atoms with Gasteiger partial charge in [-0.2, -0.15) is 0 Å². The second-order valence-electron chi connectivity index (χ2n) is 3.83. The molecule has 0 saturated carbocycles. The van der Waals surface area contributed by atoms with Gasteiger partial charge in [-0.15, -0.1) is 0 Å². The number of benzene rings is 1. The summed E-state index contributed by atoms with van der Waals surface area (Å²) in [6.45, 7) is 0.200. The number of rotatable bonds is 4. The fourth-order valence-corrected chi connectivity index (χ4v) is 2.95. The normalized spacial score (nSPS) is 11.4. The van der Waals surface area contributed by atoms with Gasteiger partial charge in [-0.3, -0.25) is 0 Å². The summed E-state index contributed by atoms with van der Waals surface area (Å²) in [6.07, 6.45) is 1.36. The van der Waals surface area contributed by atoms with Gasteiger partial charge in [0.2, 0.25) is 10.0 Å². The van der Waals surface area contributed by atoms with Crippen LogP contribution in [-0.4, -0.2) is 13.4 Å². The fourth-order valence-electron chi connectivity index (χ4n) is 1.49. The molecule has 0 fully saturated rings. The van der Waals surface area contributed by atoms with Crippen LogP contribution < -0.4 is 10.5 Å². The lowest BCUT2D eigenvalue weighted by Gasteiger charge is -2.08. The number of aromatic nitrogens is 1. The van der Waals surface area contributed by atoms with E-state index in [0.29, 0.717) is 0 Å². The molecule has 2 rings (SSSR count). The zero-order valence-corrected chi connectivity index (χ0v) is 12.3. The van der Waals surface area contributed by atoms with Gasteiger partial charge in [-0.1, -0.05) is 34.1 Å². The Bertz CT molecular complexity index is 689. The molecule has 1 aromatic carbocycles. The van der Waals surface area contributed by atoms with Gasteiger partial charge in [0.05, 0.1) is 4.90 Å². The smallest absolute Gasteiger partial charge is 0.241 e. The summed E-state index contributed by atoms with van der Waals surface area (Å²) in [6, 6.07) is 10.1. The number of hydrogen-bond acceptors (Lipinski definition) is 4. The van der Waals surface area contributed by atoms with Crippen molar-refractivity contribution in [2.24, 2.45) is 0 Å². The van der Waals surface area contributed by atoms with E-state index in [1.165, 1.54) is 18.3 Å². The van der Waals surface area contributed by atoms with E-state index in [1.54, 1.807) is 0 Å². The Morgan fingerprint density at radius 1 is 1.26 bits per heavy atom. The van der Waals surface area contributed by atoms with Gasteiger partial charge in [0.1, 0.15) is 5.82 Å². The fraction of sp³-hybridized carbons (Fsp3) is 0.0833. The minimum absolute atomic E-state index is 0.104. The quantitative estimate of drug-likeness (QED) is 0.889. The number of pyridine rings is 1. The molecule has 7 heteroatoms. The molecule has 0 unspecified atom stereocenters. The predicted molar refractivity (Wildman–Crippen MR) is 76.8 cm³/mol. The number of anilines is 1. The van der Waals surface area contributed by atoms with Crippen molar-refractivity contribution in [3.05, 3.63) is 52.6 Å². The molecule has 1 aromatic heterocycles. The average Bonchev–Trinajstić information content (AvgIpc) is 2.38. The summed E-state index contributed by atoms with van der Waals surface area (Å²) in [5.41, 5.74) is 6.33. The first-order valence-electron chi connectivity index (χ1n) is 5.43. The van der Waals surface area contributed by atoms with E-state index in [4.69, 9.17) is 5.73 Å². The highest BCUT2D eigenvalue weighted by Gasteiger charge is 2.14. The molecule has 0 amide bonds. The second kappa shape index (κ2) is 5.68. The van der Waals surface area contributed by atoms with Crippen molar-refractivity contribution in [1.82, 2.24) is 9.71 Å². The van der Waals surface area contributed by atoms with Crippen LogP contribution in [0.1, 0.15) is 5.56 Å². The maximum absolute atomic E-state index is 12.1. The van der Waals surface area contributed by atoms with Gasteiger partial charge in [-0.05, 0) is 17.7 Å². The van der Waals surface area contributed by atoms with Crippen molar-refractivity contribution in [2.45, 2.75) is 11.4 Å². The lowest BCUT2D eigenvalue weighted by atomic mass is 10.2. The van der Waals surface area contributed by atoms with E-state index < -0.39 is 10.0 Å². The van der Waals surface area contributed by atoms with Crippen molar-refractivity contribution in [2.75, 3.05) is 5.73 Å². The highest BCUT2D eigenvalue weighted by Crippen LogP contribution is 2.17. The third kappa shape index (κ3) is 3.52. The zero-order chi connectivity index (χ0) is 13.9. The standard InChI is InChI=1S/C12H12BrN3O2S/c13-11-4-2-1-3-9(11)8-16-19(17,18)10-5-6-15-12(14)7-10/h1-7,16H,8H2,(H2,14,15). The average molecular weight is 342 g/mol. The van der Waals surface area contributed by atoms with Gasteiger partial charge >= 0.3 is 0 Å². The first-order valence-corrected chi connectivity index (χ1v) is 7.71. The highest BCUT2D eigenvalue weighted by molar-refractivity contribution is 9.10. The third-order valence-electron chi connectivity index (χ3n) is 2.47. The second-order valence-corrected chi connectivity index (χ2v) is 6.45. The molecule has 0 radical (unpaired) electrons. The number of hydrogen-bond donors (Lipinski definition) is 2. The Balaban J connectivity index is 2.17. The molecule has 0 saturated heterocycles. The Labute approximate surface area is 120 Å². The molecule has 0 atom stereocenters. The lowest BCUT2D eigenvalue weighted by Crippen LogP contribution is -2.23. The number of sulfonamides is 1. The monoisotopic (exact) mass is 341 g/mol. The molecule has 19 heavy (non-hydrogen) atoms. The Kier molecular flexibility index (Phi) is 4.18. The Morgan fingerprint density at radius 3 is 2.68 bits per heavy atom. The SMILES string of the molecule is Nc1cc(S(=O)(=O)NCc2ccccc2Br)ccn1. The molecular formula is C12H12BrN3O2S. The molecule has 2 aromatic rings. The lowest BCUT2D eigenvalue weighted by molar-refractivity contribution is 0.581. The molecule has 100 valence electrons. The minimum atomic E-state index is -3.59. The van der Waals surface area contributed by atoms with Crippen molar-refractivity contribution < 1.29 is 8.42 Å². The van der Waals surface area contributed by atoms with Gasteiger partial charge in [0, 0.05) is 23.3 Å². The summed E-state index contributed by atoms with van der Waals surface area (Å²) in [7, 11) is -3.59. The molecule has 0 aliphatic carbocycles. The van der Waals surface area contributed by atoms with Crippen LogP contribution in [0.5, 0.6) is 0 Å². The van der Waals surface area contributed by atoms with Crippen molar-refractivity contribution in [3.8, 4) is 0 Å². The summed E-state index contributed by atoms with van der Waals surface area (Å²) < 4.78 is 27.5.